The van der Waals surface area contributed by atoms with Gasteiger partial charge in [0.05, 0.1) is 18.7 Å². The van der Waals surface area contributed by atoms with Gasteiger partial charge >= 0.3 is 0 Å². The molecular formula is C24H21N3O3. The number of imide groups is 1. The summed E-state index contributed by atoms with van der Waals surface area (Å²) in [5, 5.41) is 3.15. The normalized spacial score (nSPS) is 13.7. The van der Waals surface area contributed by atoms with E-state index in [1.165, 1.54) is 4.90 Å². The molecule has 0 bridgehead atoms. The Morgan fingerprint density at radius 3 is 2.37 bits per heavy atom. The highest BCUT2D eigenvalue weighted by Gasteiger charge is 2.39. The zero-order valence-electron chi connectivity index (χ0n) is 16.5. The highest BCUT2D eigenvalue weighted by Crippen LogP contribution is 2.32. The molecular weight excluding hydrogens is 378 g/mol. The molecule has 0 aliphatic carbocycles. The van der Waals surface area contributed by atoms with Crippen LogP contribution in [0, 0.1) is 0 Å². The van der Waals surface area contributed by atoms with Crippen molar-refractivity contribution in [1.82, 2.24) is 9.88 Å². The van der Waals surface area contributed by atoms with Crippen LogP contribution in [-0.4, -0.2) is 28.3 Å². The first kappa shape index (κ1) is 19.4. The summed E-state index contributed by atoms with van der Waals surface area (Å²) in [5.74, 6) is 0.00596. The van der Waals surface area contributed by atoms with Crippen molar-refractivity contribution >= 4 is 23.1 Å². The number of amides is 2. The summed E-state index contributed by atoms with van der Waals surface area (Å²) in [7, 11) is 0. The maximum absolute atomic E-state index is 13.3. The van der Waals surface area contributed by atoms with Crippen molar-refractivity contribution < 1.29 is 14.3 Å². The topological polar surface area (TPSA) is 71.5 Å². The van der Waals surface area contributed by atoms with Gasteiger partial charge in [0.15, 0.2) is 0 Å². The predicted molar refractivity (Wildman–Crippen MR) is 114 cm³/mol. The number of para-hydroxylation sites is 1. The van der Waals surface area contributed by atoms with E-state index < -0.39 is 0 Å². The first-order chi connectivity index (χ1) is 14.7. The molecule has 2 aromatic carbocycles. The molecule has 0 atom stereocenters. The number of anilines is 1. The molecule has 0 unspecified atom stereocenters. The van der Waals surface area contributed by atoms with E-state index in [-0.39, 0.29) is 24.1 Å². The largest absolute Gasteiger partial charge is 0.494 e. The molecule has 4 rings (SSSR count). The average molecular weight is 399 g/mol. The monoisotopic (exact) mass is 399 g/mol. The van der Waals surface area contributed by atoms with Gasteiger partial charge in [-0.1, -0.05) is 36.4 Å². The van der Waals surface area contributed by atoms with Gasteiger partial charge in [-0.15, -0.1) is 0 Å². The third-order valence-corrected chi connectivity index (χ3v) is 4.73. The Balaban J connectivity index is 1.71. The van der Waals surface area contributed by atoms with Crippen LogP contribution >= 0.6 is 0 Å². The summed E-state index contributed by atoms with van der Waals surface area (Å²) in [5.41, 5.74) is 2.78. The minimum atomic E-state index is -0.364. The van der Waals surface area contributed by atoms with Crippen LogP contribution < -0.4 is 10.1 Å². The van der Waals surface area contributed by atoms with Gasteiger partial charge < -0.3 is 10.1 Å². The van der Waals surface area contributed by atoms with Crippen LogP contribution in [0.3, 0.4) is 0 Å². The number of hydrogen-bond donors (Lipinski definition) is 1. The molecule has 0 saturated heterocycles. The van der Waals surface area contributed by atoms with Gasteiger partial charge in [-0.05, 0) is 48.4 Å². The lowest BCUT2D eigenvalue weighted by atomic mass is 10.0. The van der Waals surface area contributed by atoms with Crippen molar-refractivity contribution in [3.05, 3.63) is 95.9 Å². The summed E-state index contributed by atoms with van der Waals surface area (Å²) in [6.07, 6.45) is 3.31. The van der Waals surface area contributed by atoms with E-state index in [4.69, 9.17) is 4.74 Å². The smallest absolute Gasteiger partial charge is 0.278 e. The maximum Gasteiger partial charge on any atom is 0.278 e. The molecule has 150 valence electrons. The molecule has 0 fully saturated rings. The molecule has 30 heavy (non-hydrogen) atoms. The highest BCUT2D eigenvalue weighted by atomic mass is 16.5. The standard InChI is InChI=1S/C24H21N3O3/c1-2-30-20-12-10-18(11-13-20)21-22(26-19-8-4-3-5-9-19)24(29)27(23(21)28)16-17-7-6-14-25-15-17/h3-15,26H,2,16H2,1H3. The number of hydrogen-bond acceptors (Lipinski definition) is 5. The highest BCUT2D eigenvalue weighted by molar-refractivity contribution is 6.36. The van der Waals surface area contributed by atoms with E-state index in [9.17, 15) is 9.59 Å². The van der Waals surface area contributed by atoms with Crippen LogP contribution in [0.25, 0.3) is 5.57 Å². The van der Waals surface area contributed by atoms with Crippen molar-refractivity contribution in [1.29, 1.82) is 0 Å². The maximum atomic E-state index is 13.3. The molecule has 6 heteroatoms. The first-order valence-corrected chi connectivity index (χ1v) is 9.72. The van der Waals surface area contributed by atoms with E-state index >= 15 is 0 Å². The molecule has 1 aliphatic rings. The van der Waals surface area contributed by atoms with Crippen LogP contribution in [0.5, 0.6) is 5.75 Å². The fraction of sp³-hybridized carbons (Fsp3) is 0.125. The van der Waals surface area contributed by atoms with Crippen LogP contribution in [0.2, 0.25) is 0 Å². The number of rotatable bonds is 7. The molecule has 2 heterocycles. The Labute approximate surface area is 174 Å². The minimum Gasteiger partial charge on any atom is -0.494 e. The second kappa shape index (κ2) is 8.61. The lowest BCUT2D eigenvalue weighted by molar-refractivity contribution is -0.137. The quantitative estimate of drug-likeness (QED) is 0.611. The van der Waals surface area contributed by atoms with Crippen molar-refractivity contribution in [2.45, 2.75) is 13.5 Å². The second-order valence-electron chi connectivity index (χ2n) is 6.76. The summed E-state index contributed by atoms with van der Waals surface area (Å²) in [4.78, 5) is 31.8. The van der Waals surface area contributed by atoms with Crippen molar-refractivity contribution in [2.24, 2.45) is 0 Å². The lowest BCUT2D eigenvalue weighted by Gasteiger charge is -2.15. The zero-order chi connectivity index (χ0) is 20.9. The van der Waals surface area contributed by atoms with E-state index in [1.807, 2.05) is 43.3 Å². The fourth-order valence-corrected chi connectivity index (χ4v) is 3.33. The molecule has 0 saturated carbocycles. The van der Waals surface area contributed by atoms with Crippen molar-refractivity contribution in [2.75, 3.05) is 11.9 Å². The molecule has 3 aromatic rings. The number of ether oxygens (including phenoxy) is 1. The van der Waals surface area contributed by atoms with E-state index in [0.29, 0.717) is 23.5 Å². The first-order valence-electron chi connectivity index (χ1n) is 9.72. The number of pyridine rings is 1. The Bertz CT molecular complexity index is 1080. The van der Waals surface area contributed by atoms with E-state index in [0.717, 1.165) is 11.3 Å². The van der Waals surface area contributed by atoms with Crippen LogP contribution in [0.15, 0.2) is 84.8 Å². The summed E-state index contributed by atoms with van der Waals surface area (Å²) < 4.78 is 5.49. The number of aromatic nitrogens is 1. The van der Waals surface area contributed by atoms with Gasteiger partial charge in [0.2, 0.25) is 0 Å². The average Bonchev–Trinajstić information content (AvgIpc) is 3.00. The van der Waals surface area contributed by atoms with E-state index in [1.54, 1.807) is 42.7 Å². The number of nitrogens with zero attached hydrogens (tertiary/aromatic N) is 2. The number of carbonyl (C=O) groups excluding carboxylic acids is 2. The van der Waals surface area contributed by atoms with Gasteiger partial charge in [0, 0.05) is 18.1 Å². The van der Waals surface area contributed by atoms with Gasteiger partial charge in [0.25, 0.3) is 11.8 Å². The molecule has 2 amide bonds. The lowest BCUT2D eigenvalue weighted by Crippen LogP contribution is -2.32. The SMILES string of the molecule is CCOc1ccc(C2=C(Nc3ccccc3)C(=O)N(Cc3cccnc3)C2=O)cc1. The molecule has 0 spiro atoms. The molecule has 1 aromatic heterocycles. The van der Waals surface area contributed by atoms with Crippen LogP contribution in [-0.2, 0) is 16.1 Å². The Hall–Kier alpha value is -3.93. The Morgan fingerprint density at radius 1 is 0.933 bits per heavy atom. The predicted octanol–water partition coefficient (Wildman–Crippen LogP) is 3.87. The third-order valence-electron chi connectivity index (χ3n) is 4.73. The van der Waals surface area contributed by atoms with Gasteiger partial charge in [-0.2, -0.15) is 0 Å². The molecule has 1 N–H and O–H groups in total. The molecule has 6 nitrogen and oxygen atoms in total. The van der Waals surface area contributed by atoms with Crippen LogP contribution in [0.1, 0.15) is 18.1 Å². The summed E-state index contributed by atoms with van der Waals surface area (Å²) in [6.45, 7) is 2.62. The molecule has 1 aliphatic heterocycles. The van der Waals surface area contributed by atoms with Crippen molar-refractivity contribution in [3.8, 4) is 5.75 Å². The fourth-order valence-electron chi connectivity index (χ4n) is 3.33. The second-order valence-corrected chi connectivity index (χ2v) is 6.76. The minimum absolute atomic E-state index is 0.159. The van der Waals surface area contributed by atoms with Crippen LogP contribution in [0.4, 0.5) is 5.69 Å². The molecule has 0 radical (unpaired) electrons. The Morgan fingerprint density at radius 2 is 1.70 bits per heavy atom. The number of nitrogens with one attached hydrogen (secondary N) is 1. The third kappa shape index (κ3) is 3.93. The van der Waals surface area contributed by atoms with Gasteiger partial charge in [-0.3, -0.25) is 19.5 Å². The summed E-state index contributed by atoms with van der Waals surface area (Å²) in [6, 6.07) is 20.1. The zero-order valence-corrected chi connectivity index (χ0v) is 16.5. The number of benzene rings is 2. The van der Waals surface area contributed by atoms with E-state index in [2.05, 4.69) is 10.3 Å². The van der Waals surface area contributed by atoms with Gasteiger partial charge in [-0.25, -0.2) is 0 Å². The number of carbonyl (C=O) groups is 2. The summed E-state index contributed by atoms with van der Waals surface area (Å²) >= 11 is 0. The van der Waals surface area contributed by atoms with Crippen molar-refractivity contribution in [3.63, 3.8) is 0 Å². The van der Waals surface area contributed by atoms with Gasteiger partial charge in [0.1, 0.15) is 11.4 Å². The Kier molecular flexibility index (Phi) is 5.57.